The van der Waals surface area contributed by atoms with Gasteiger partial charge in [0.2, 0.25) is 11.8 Å². The molecule has 1 N–H and O–H groups in total. The van der Waals surface area contributed by atoms with Crippen LogP contribution >= 0.6 is 23.2 Å². The predicted molar refractivity (Wildman–Crippen MR) is 132 cm³/mol. The summed E-state index contributed by atoms with van der Waals surface area (Å²) < 4.78 is 5.73. The summed E-state index contributed by atoms with van der Waals surface area (Å²) in [7, 11) is 0. The van der Waals surface area contributed by atoms with Crippen molar-refractivity contribution >= 4 is 41.0 Å². The molecule has 2 aromatic rings. The Kier molecular flexibility index (Phi) is 8.31. The second-order valence-corrected chi connectivity index (χ2v) is 9.93. The number of rotatable bonds is 12. The molecular formula is C26H28Cl2N2O5. The second-order valence-electron chi connectivity index (χ2n) is 9.09. The van der Waals surface area contributed by atoms with Gasteiger partial charge in [-0.3, -0.25) is 24.2 Å². The van der Waals surface area contributed by atoms with Gasteiger partial charge in [0, 0.05) is 37.0 Å². The maximum absolute atomic E-state index is 11.7. The van der Waals surface area contributed by atoms with Crippen LogP contribution in [0.25, 0.3) is 0 Å². The normalized spacial score (nSPS) is 16.7. The molecule has 0 spiro atoms. The van der Waals surface area contributed by atoms with Gasteiger partial charge in [-0.2, -0.15) is 0 Å². The molecule has 1 saturated heterocycles. The number of carbonyl (C=O) groups is 3. The Morgan fingerprint density at radius 1 is 1.09 bits per heavy atom. The van der Waals surface area contributed by atoms with Crippen LogP contribution in [0.15, 0.2) is 42.5 Å². The quantitative estimate of drug-likeness (QED) is 0.400. The SMILES string of the molecule is O=C(O)CC(c1ccc(Cl)cc1)N(Cc1ccc(OCCN2C(=O)CCC2=O)c(Cl)c1)CC1CC1. The van der Waals surface area contributed by atoms with Crippen LogP contribution in [0.5, 0.6) is 5.75 Å². The van der Waals surface area contributed by atoms with Crippen molar-refractivity contribution in [1.29, 1.82) is 0 Å². The molecule has 9 heteroatoms. The first-order valence-electron chi connectivity index (χ1n) is 11.8. The minimum absolute atomic E-state index is 0.0166. The number of imide groups is 1. The van der Waals surface area contributed by atoms with E-state index >= 15 is 0 Å². The summed E-state index contributed by atoms with van der Waals surface area (Å²) >= 11 is 12.5. The van der Waals surface area contributed by atoms with E-state index < -0.39 is 5.97 Å². The summed E-state index contributed by atoms with van der Waals surface area (Å²) in [5, 5.41) is 10.6. The molecule has 2 aromatic carbocycles. The van der Waals surface area contributed by atoms with Gasteiger partial charge < -0.3 is 9.84 Å². The molecule has 0 aromatic heterocycles. The Morgan fingerprint density at radius 3 is 2.37 bits per heavy atom. The third-order valence-corrected chi connectivity index (χ3v) is 6.91. The van der Waals surface area contributed by atoms with E-state index in [1.54, 1.807) is 18.2 Å². The standard InChI is InChI=1S/C26H28Cl2N2O5/c27-20-6-4-19(5-7-20)22(14-26(33)34)29(15-17-1-2-17)16-18-3-8-23(21(28)13-18)35-12-11-30-24(31)9-10-25(30)32/h3-8,13,17,22H,1-2,9-12,14-16H2,(H,33,34). The van der Waals surface area contributed by atoms with Crippen molar-refractivity contribution in [3.05, 3.63) is 63.6 Å². The molecule has 1 aliphatic carbocycles. The molecule has 0 bridgehead atoms. The number of likely N-dealkylation sites (tertiary alicyclic amines) is 1. The molecule has 1 aliphatic heterocycles. The highest BCUT2D eigenvalue weighted by Crippen LogP contribution is 2.36. The molecular weight excluding hydrogens is 491 g/mol. The van der Waals surface area contributed by atoms with Crippen molar-refractivity contribution in [1.82, 2.24) is 9.80 Å². The topological polar surface area (TPSA) is 87.2 Å². The third-order valence-electron chi connectivity index (χ3n) is 6.36. The first-order valence-corrected chi connectivity index (χ1v) is 12.5. The van der Waals surface area contributed by atoms with Gasteiger partial charge in [0.25, 0.3) is 0 Å². The molecule has 0 radical (unpaired) electrons. The number of carboxylic acids is 1. The zero-order chi connectivity index (χ0) is 24.9. The van der Waals surface area contributed by atoms with Crippen molar-refractivity contribution in [3.63, 3.8) is 0 Å². The van der Waals surface area contributed by atoms with E-state index in [0.29, 0.717) is 28.3 Å². The highest BCUT2D eigenvalue weighted by molar-refractivity contribution is 6.32. The summed E-state index contributed by atoms with van der Waals surface area (Å²) in [5.74, 6) is -0.169. The maximum atomic E-state index is 11.7. The minimum atomic E-state index is -0.859. The van der Waals surface area contributed by atoms with Crippen LogP contribution in [0, 0.1) is 5.92 Å². The number of hydrogen-bond acceptors (Lipinski definition) is 5. The van der Waals surface area contributed by atoms with Gasteiger partial charge in [0.05, 0.1) is 18.0 Å². The molecule has 186 valence electrons. The smallest absolute Gasteiger partial charge is 0.305 e. The number of aliphatic carboxylic acids is 1. The van der Waals surface area contributed by atoms with Crippen LogP contribution in [0.3, 0.4) is 0 Å². The molecule has 1 unspecified atom stereocenters. The summed E-state index contributed by atoms with van der Waals surface area (Å²) in [6.07, 6.45) is 2.78. The largest absolute Gasteiger partial charge is 0.490 e. The number of benzene rings is 2. The Hall–Kier alpha value is -2.61. The highest BCUT2D eigenvalue weighted by Gasteiger charge is 2.31. The van der Waals surface area contributed by atoms with Crippen molar-refractivity contribution in [3.8, 4) is 5.75 Å². The number of carboxylic acid groups (broad SMARTS) is 1. The highest BCUT2D eigenvalue weighted by atomic mass is 35.5. The van der Waals surface area contributed by atoms with Gasteiger partial charge in [0.15, 0.2) is 0 Å². The molecule has 7 nitrogen and oxygen atoms in total. The lowest BCUT2D eigenvalue weighted by Crippen LogP contribution is -2.33. The fourth-order valence-corrected chi connectivity index (χ4v) is 4.74. The van der Waals surface area contributed by atoms with Gasteiger partial charge in [-0.05, 0) is 54.2 Å². The number of ether oxygens (including phenoxy) is 1. The molecule has 1 saturated carbocycles. The minimum Gasteiger partial charge on any atom is -0.490 e. The Morgan fingerprint density at radius 2 is 1.77 bits per heavy atom. The molecule has 4 rings (SSSR count). The van der Waals surface area contributed by atoms with E-state index in [2.05, 4.69) is 4.90 Å². The van der Waals surface area contributed by atoms with Crippen molar-refractivity contribution in [2.75, 3.05) is 19.7 Å². The number of carbonyl (C=O) groups excluding carboxylic acids is 2. The lowest BCUT2D eigenvalue weighted by molar-refractivity contribution is -0.140. The number of nitrogens with zero attached hydrogens (tertiary/aromatic N) is 2. The van der Waals surface area contributed by atoms with E-state index in [1.807, 2.05) is 24.3 Å². The van der Waals surface area contributed by atoms with Crippen LogP contribution in [-0.4, -0.2) is 52.4 Å². The van der Waals surface area contributed by atoms with Crippen LogP contribution in [0.1, 0.15) is 49.3 Å². The zero-order valence-electron chi connectivity index (χ0n) is 19.3. The van der Waals surface area contributed by atoms with Gasteiger partial charge >= 0.3 is 5.97 Å². The monoisotopic (exact) mass is 518 g/mol. The lowest BCUT2D eigenvalue weighted by atomic mass is 10.0. The zero-order valence-corrected chi connectivity index (χ0v) is 20.8. The average molecular weight is 519 g/mol. The van der Waals surface area contributed by atoms with Gasteiger partial charge in [-0.1, -0.05) is 41.4 Å². The van der Waals surface area contributed by atoms with Crippen LogP contribution in [0.2, 0.25) is 10.0 Å². The fraction of sp³-hybridized carbons (Fsp3) is 0.423. The van der Waals surface area contributed by atoms with E-state index in [1.165, 1.54) is 4.90 Å². The Labute approximate surface area is 214 Å². The summed E-state index contributed by atoms with van der Waals surface area (Å²) in [6, 6.07) is 12.5. The lowest BCUT2D eigenvalue weighted by Gasteiger charge is -2.31. The predicted octanol–water partition coefficient (Wildman–Crippen LogP) is 4.95. The van der Waals surface area contributed by atoms with Crippen LogP contribution in [0.4, 0.5) is 0 Å². The molecule has 2 fully saturated rings. The molecule has 2 amide bonds. The van der Waals surface area contributed by atoms with E-state index in [9.17, 15) is 19.5 Å². The van der Waals surface area contributed by atoms with E-state index in [0.717, 1.165) is 30.5 Å². The number of amides is 2. The first-order chi connectivity index (χ1) is 16.8. The molecule has 1 atom stereocenters. The summed E-state index contributed by atoms with van der Waals surface area (Å²) in [4.78, 5) is 38.6. The van der Waals surface area contributed by atoms with Crippen molar-refractivity contribution in [2.45, 2.75) is 44.7 Å². The Balaban J connectivity index is 1.45. The van der Waals surface area contributed by atoms with Crippen molar-refractivity contribution < 1.29 is 24.2 Å². The maximum Gasteiger partial charge on any atom is 0.305 e. The Bertz CT molecular complexity index is 1070. The second kappa shape index (κ2) is 11.4. The van der Waals surface area contributed by atoms with Crippen LogP contribution in [-0.2, 0) is 20.9 Å². The van der Waals surface area contributed by atoms with Gasteiger partial charge in [-0.25, -0.2) is 0 Å². The first kappa shape index (κ1) is 25.5. The summed E-state index contributed by atoms with van der Waals surface area (Å²) in [5.41, 5.74) is 1.85. The van der Waals surface area contributed by atoms with Gasteiger partial charge in [-0.15, -0.1) is 0 Å². The molecule has 35 heavy (non-hydrogen) atoms. The molecule has 2 aliphatic rings. The summed E-state index contributed by atoms with van der Waals surface area (Å²) in [6.45, 7) is 1.70. The molecule has 1 heterocycles. The number of hydrogen-bond donors (Lipinski definition) is 1. The third kappa shape index (κ3) is 6.97. The fourth-order valence-electron chi connectivity index (χ4n) is 4.36. The van der Waals surface area contributed by atoms with Crippen molar-refractivity contribution in [2.24, 2.45) is 5.92 Å². The van der Waals surface area contributed by atoms with E-state index in [4.69, 9.17) is 27.9 Å². The van der Waals surface area contributed by atoms with Gasteiger partial charge in [0.1, 0.15) is 12.4 Å². The van der Waals surface area contributed by atoms with E-state index in [-0.39, 0.29) is 50.3 Å². The average Bonchev–Trinajstić information content (AvgIpc) is 3.58. The van der Waals surface area contributed by atoms with Crippen LogP contribution < -0.4 is 4.74 Å². The number of halogens is 2.